The minimum Gasteiger partial charge on any atom is -0.376 e. The first-order chi connectivity index (χ1) is 3.70. The van der Waals surface area contributed by atoms with Crippen LogP contribution in [0.5, 0.6) is 0 Å². The lowest BCUT2D eigenvalue weighted by Crippen LogP contribution is -2.31. The average Bonchev–Trinajstić information content (AvgIpc) is 2.17. The lowest BCUT2D eigenvalue weighted by molar-refractivity contribution is 0.816. The molecule has 0 aliphatic heterocycles. The summed E-state index contributed by atoms with van der Waals surface area (Å²) in [5.41, 5.74) is 5.22. The predicted octanol–water partition coefficient (Wildman–Crippen LogP) is 0.228. The first-order valence-corrected chi connectivity index (χ1v) is 3.17. The molecule has 0 bridgehead atoms. The number of nitrogens with two attached hydrogens (primary N) is 1. The highest BCUT2D eigenvalue weighted by Gasteiger charge is 2.32. The maximum absolute atomic E-state index is 5.22. The van der Waals surface area contributed by atoms with Crippen LogP contribution < -0.4 is 11.1 Å². The van der Waals surface area contributed by atoms with Crippen molar-refractivity contribution in [2.24, 2.45) is 11.7 Å². The van der Waals surface area contributed by atoms with Crippen molar-refractivity contribution in [1.82, 2.24) is 5.32 Å². The van der Waals surface area contributed by atoms with Gasteiger partial charge in [-0.2, -0.15) is 0 Å². The van der Waals surface area contributed by atoms with Gasteiger partial charge in [0.1, 0.15) is 0 Å². The van der Waals surface area contributed by atoms with E-state index in [2.05, 4.69) is 24.5 Å². The van der Waals surface area contributed by atoms with Crippen LogP contribution in [0.4, 0.5) is 0 Å². The van der Waals surface area contributed by atoms with E-state index >= 15 is 0 Å². The zero-order valence-electron chi connectivity index (χ0n) is 4.85. The van der Waals surface area contributed by atoms with Gasteiger partial charge in [0.15, 0.2) is 5.11 Å². The molecule has 2 atom stereocenters. The van der Waals surface area contributed by atoms with Gasteiger partial charge in [-0.25, -0.2) is 0 Å². The fourth-order valence-electron chi connectivity index (χ4n) is 0.706. The van der Waals surface area contributed by atoms with Crippen LogP contribution >= 0.6 is 12.2 Å². The highest BCUT2D eigenvalue weighted by atomic mass is 32.1. The first kappa shape index (κ1) is 5.82. The van der Waals surface area contributed by atoms with Crippen molar-refractivity contribution in [1.29, 1.82) is 0 Å². The van der Waals surface area contributed by atoms with Crippen molar-refractivity contribution in [3.63, 3.8) is 0 Å². The molecule has 0 aromatic heterocycles. The van der Waals surface area contributed by atoms with E-state index in [0.29, 0.717) is 11.2 Å². The minimum atomic E-state index is 0.430. The Kier molecular flexibility index (Phi) is 1.38. The normalized spacial score (nSPS) is 34.1. The van der Waals surface area contributed by atoms with E-state index in [1.165, 1.54) is 6.42 Å². The number of hydrogen-bond acceptors (Lipinski definition) is 1. The van der Waals surface area contributed by atoms with Gasteiger partial charge in [-0.05, 0) is 24.6 Å². The van der Waals surface area contributed by atoms with E-state index in [0.717, 1.165) is 5.92 Å². The lowest BCUT2D eigenvalue weighted by Gasteiger charge is -1.97. The Bertz CT molecular complexity index is 113. The molecule has 0 aromatic carbocycles. The summed E-state index contributed by atoms with van der Waals surface area (Å²) in [6, 6.07) is 0.576. The lowest BCUT2D eigenvalue weighted by atomic mass is 10.5. The second-order valence-electron chi connectivity index (χ2n) is 2.33. The Morgan fingerprint density at radius 2 is 2.38 bits per heavy atom. The zero-order chi connectivity index (χ0) is 6.15. The summed E-state index contributed by atoms with van der Waals surface area (Å²) in [6.07, 6.45) is 1.22. The summed E-state index contributed by atoms with van der Waals surface area (Å²) >= 11 is 4.63. The molecule has 1 aliphatic carbocycles. The van der Waals surface area contributed by atoms with Crippen LogP contribution in [0.1, 0.15) is 13.3 Å². The molecule has 46 valence electrons. The monoisotopic (exact) mass is 130 g/mol. The maximum Gasteiger partial charge on any atom is 0.163 e. The van der Waals surface area contributed by atoms with Gasteiger partial charge >= 0.3 is 0 Å². The Hall–Kier alpha value is -0.310. The summed E-state index contributed by atoms with van der Waals surface area (Å²) in [7, 11) is 0. The summed E-state index contributed by atoms with van der Waals surface area (Å²) in [4.78, 5) is 0. The van der Waals surface area contributed by atoms with Crippen LogP contribution in [0, 0.1) is 5.92 Å². The third-order valence-corrected chi connectivity index (χ3v) is 1.55. The molecule has 0 radical (unpaired) electrons. The predicted molar refractivity (Wildman–Crippen MR) is 37.5 cm³/mol. The zero-order valence-corrected chi connectivity index (χ0v) is 5.66. The van der Waals surface area contributed by atoms with E-state index in [-0.39, 0.29) is 0 Å². The topological polar surface area (TPSA) is 38.0 Å². The van der Waals surface area contributed by atoms with E-state index < -0.39 is 0 Å². The number of nitrogens with one attached hydrogen (secondary N) is 1. The van der Waals surface area contributed by atoms with E-state index in [9.17, 15) is 0 Å². The summed E-state index contributed by atoms with van der Waals surface area (Å²) in [6.45, 7) is 2.18. The molecule has 1 saturated carbocycles. The largest absolute Gasteiger partial charge is 0.376 e. The van der Waals surface area contributed by atoms with Crippen molar-refractivity contribution in [3.8, 4) is 0 Å². The van der Waals surface area contributed by atoms with Crippen LogP contribution in [-0.4, -0.2) is 11.2 Å². The molecule has 3 heteroatoms. The molecule has 0 unspecified atom stereocenters. The molecule has 8 heavy (non-hydrogen) atoms. The molecule has 0 aromatic rings. The van der Waals surface area contributed by atoms with Crippen molar-refractivity contribution >= 4 is 17.3 Å². The van der Waals surface area contributed by atoms with E-state index in [4.69, 9.17) is 5.73 Å². The molecule has 3 N–H and O–H groups in total. The number of thiocarbonyl (C=S) groups is 1. The fourth-order valence-corrected chi connectivity index (χ4v) is 0.857. The quantitative estimate of drug-likeness (QED) is 0.499. The Morgan fingerprint density at radius 1 is 1.88 bits per heavy atom. The minimum absolute atomic E-state index is 0.430. The SMILES string of the molecule is C[C@@H]1C[C@@H]1NC(N)=S. The van der Waals surface area contributed by atoms with Crippen LogP contribution in [0.2, 0.25) is 0 Å². The van der Waals surface area contributed by atoms with Crippen molar-refractivity contribution in [3.05, 3.63) is 0 Å². The molecular formula is C5H10N2S. The standard InChI is InChI=1S/C5H10N2S/c1-3-2-4(3)7-5(6)8/h3-4H,2H2,1H3,(H3,6,7,8)/t3-,4+/m1/s1. The third-order valence-electron chi connectivity index (χ3n) is 1.44. The summed E-state index contributed by atoms with van der Waals surface area (Å²) in [5.74, 6) is 0.775. The van der Waals surface area contributed by atoms with Gasteiger partial charge in [0.25, 0.3) is 0 Å². The van der Waals surface area contributed by atoms with Gasteiger partial charge in [-0.15, -0.1) is 0 Å². The van der Waals surface area contributed by atoms with E-state index in [1.54, 1.807) is 0 Å². The molecule has 0 heterocycles. The third kappa shape index (κ3) is 1.33. The second-order valence-corrected chi connectivity index (χ2v) is 2.77. The van der Waals surface area contributed by atoms with Crippen molar-refractivity contribution in [2.45, 2.75) is 19.4 Å². The van der Waals surface area contributed by atoms with Gasteiger partial charge in [0.2, 0.25) is 0 Å². The molecule has 2 nitrogen and oxygen atoms in total. The Morgan fingerprint density at radius 3 is 2.50 bits per heavy atom. The van der Waals surface area contributed by atoms with Gasteiger partial charge in [0.05, 0.1) is 0 Å². The first-order valence-electron chi connectivity index (χ1n) is 2.76. The number of rotatable bonds is 1. The highest BCUT2D eigenvalue weighted by Crippen LogP contribution is 2.28. The second kappa shape index (κ2) is 1.90. The van der Waals surface area contributed by atoms with Gasteiger partial charge < -0.3 is 11.1 Å². The average molecular weight is 130 g/mol. The molecule has 0 saturated heterocycles. The summed E-state index contributed by atoms with van der Waals surface area (Å²) in [5, 5.41) is 3.41. The smallest absolute Gasteiger partial charge is 0.163 e. The maximum atomic E-state index is 5.22. The molecule has 0 amide bonds. The fraction of sp³-hybridized carbons (Fsp3) is 0.800. The van der Waals surface area contributed by atoms with Crippen LogP contribution in [0.15, 0.2) is 0 Å². The van der Waals surface area contributed by atoms with Crippen molar-refractivity contribution < 1.29 is 0 Å². The molecule has 1 rings (SSSR count). The molecule has 1 aliphatic rings. The highest BCUT2D eigenvalue weighted by molar-refractivity contribution is 7.80. The Labute approximate surface area is 54.4 Å². The van der Waals surface area contributed by atoms with Gasteiger partial charge in [0, 0.05) is 6.04 Å². The van der Waals surface area contributed by atoms with Crippen LogP contribution in [0.25, 0.3) is 0 Å². The molecule has 0 spiro atoms. The van der Waals surface area contributed by atoms with Crippen LogP contribution in [0.3, 0.4) is 0 Å². The Balaban J connectivity index is 2.14. The molecular weight excluding hydrogens is 120 g/mol. The summed E-state index contributed by atoms with van der Waals surface area (Å²) < 4.78 is 0. The number of hydrogen-bond donors (Lipinski definition) is 2. The van der Waals surface area contributed by atoms with Crippen LogP contribution in [-0.2, 0) is 0 Å². The van der Waals surface area contributed by atoms with Crippen molar-refractivity contribution in [2.75, 3.05) is 0 Å². The van der Waals surface area contributed by atoms with E-state index in [1.807, 2.05) is 0 Å². The van der Waals surface area contributed by atoms with Gasteiger partial charge in [-0.1, -0.05) is 6.92 Å². The van der Waals surface area contributed by atoms with Gasteiger partial charge in [-0.3, -0.25) is 0 Å². The molecule has 1 fully saturated rings.